The van der Waals surface area contributed by atoms with Crippen LogP contribution in [0, 0.1) is 5.92 Å². The Kier molecular flexibility index (Phi) is 2.96. The first-order valence-corrected chi connectivity index (χ1v) is 5.96. The van der Waals surface area contributed by atoms with Crippen LogP contribution in [-0.2, 0) is 0 Å². The van der Waals surface area contributed by atoms with Crippen molar-refractivity contribution in [3.63, 3.8) is 0 Å². The number of rotatable bonds is 3. The molecule has 0 saturated heterocycles. The highest BCUT2D eigenvalue weighted by atomic mass is 15.1. The largest absolute Gasteiger partial charge is 0.397 e. The number of benzene rings is 1. The standard InChI is InChI=1S/C13H20N4/c1-8(2)9(3)17(4)13-6-12-10(5-11(13)14)7-15-16-12/h5-9H,14H2,1-4H3,(H,15,16). The minimum atomic E-state index is 0.442. The molecular weight excluding hydrogens is 212 g/mol. The summed E-state index contributed by atoms with van der Waals surface area (Å²) in [6, 6.07) is 4.48. The zero-order valence-corrected chi connectivity index (χ0v) is 10.9. The van der Waals surface area contributed by atoms with Crippen LogP contribution in [0.1, 0.15) is 20.8 Å². The Balaban J connectivity index is 2.43. The van der Waals surface area contributed by atoms with Gasteiger partial charge >= 0.3 is 0 Å². The van der Waals surface area contributed by atoms with E-state index in [2.05, 4.69) is 49.0 Å². The minimum absolute atomic E-state index is 0.442. The monoisotopic (exact) mass is 232 g/mol. The Morgan fingerprint density at radius 3 is 2.65 bits per heavy atom. The van der Waals surface area contributed by atoms with Crippen molar-refractivity contribution in [3.05, 3.63) is 18.3 Å². The predicted octanol–water partition coefficient (Wildman–Crippen LogP) is 2.63. The van der Waals surface area contributed by atoms with Crippen LogP contribution < -0.4 is 10.6 Å². The van der Waals surface area contributed by atoms with E-state index in [4.69, 9.17) is 5.73 Å². The molecule has 92 valence electrons. The molecule has 2 aromatic rings. The van der Waals surface area contributed by atoms with E-state index < -0.39 is 0 Å². The van der Waals surface area contributed by atoms with Crippen molar-refractivity contribution < 1.29 is 0 Å². The van der Waals surface area contributed by atoms with Crippen LogP contribution in [0.2, 0.25) is 0 Å². The second-order valence-corrected chi connectivity index (χ2v) is 4.96. The van der Waals surface area contributed by atoms with Crippen LogP contribution in [0.5, 0.6) is 0 Å². The van der Waals surface area contributed by atoms with Crippen LogP contribution in [-0.4, -0.2) is 23.3 Å². The molecule has 17 heavy (non-hydrogen) atoms. The fraction of sp³-hybridized carbons (Fsp3) is 0.462. The van der Waals surface area contributed by atoms with Crippen LogP contribution in [0.15, 0.2) is 18.3 Å². The topological polar surface area (TPSA) is 57.9 Å². The average Bonchev–Trinajstić information content (AvgIpc) is 2.72. The van der Waals surface area contributed by atoms with E-state index in [1.807, 2.05) is 6.07 Å². The van der Waals surface area contributed by atoms with Gasteiger partial charge in [-0.05, 0) is 25.0 Å². The molecule has 1 aromatic heterocycles. The van der Waals surface area contributed by atoms with Crippen LogP contribution in [0.25, 0.3) is 10.9 Å². The molecule has 4 heteroatoms. The number of H-pyrrole nitrogens is 1. The molecule has 1 aromatic carbocycles. The Labute approximate surface area is 102 Å². The van der Waals surface area contributed by atoms with Gasteiger partial charge in [-0.25, -0.2) is 0 Å². The predicted molar refractivity (Wildman–Crippen MR) is 73.2 cm³/mol. The number of anilines is 2. The molecule has 2 rings (SSSR count). The van der Waals surface area contributed by atoms with Gasteiger partial charge in [0.05, 0.1) is 23.1 Å². The van der Waals surface area contributed by atoms with E-state index in [1.165, 1.54) is 0 Å². The fourth-order valence-corrected chi connectivity index (χ4v) is 1.97. The number of nitrogen functional groups attached to an aromatic ring is 1. The average molecular weight is 232 g/mol. The van der Waals surface area contributed by atoms with Crippen LogP contribution >= 0.6 is 0 Å². The number of aromatic nitrogens is 2. The Bertz CT molecular complexity index is 515. The van der Waals surface area contributed by atoms with Crippen LogP contribution in [0.3, 0.4) is 0 Å². The van der Waals surface area contributed by atoms with Gasteiger partial charge in [0.1, 0.15) is 0 Å². The van der Waals surface area contributed by atoms with Crippen molar-refractivity contribution in [3.8, 4) is 0 Å². The van der Waals surface area contributed by atoms with Gasteiger partial charge in [0, 0.05) is 18.5 Å². The SMILES string of the molecule is CC(C)C(C)N(C)c1cc2[nH]ncc2cc1N. The van der Waals surface area contributed by atoms with Gasteiger partial charge < -0.3 is 10.6 Å². The van der Waals surface area contributed by atoms with Gasteiger partial charge in [-0.3, -0.25) is 5.10 Å². The number of hydrogen-bond acceptors (Lipinski definition) is 3. The van der Waals surface area contributed by atoms with Gasteiger partial charge in [-0.1, -0.05) is 13.8 Å². The lowest BCUT2D eigenvalue weighted by Crippen LogP contribution is -2.33. The second kappa shape index (κ2) is 4.28. The first-order chi connectivity index (χ1) is 8.00. The first kappa shape index (κ1) is 11.8. The van der Waals surface area contributed by atoms with Gasteiger partial charge in [0.2, 0.25) is 0 Å². The number of aromatic amines is 1. The summed E-state index contributed by atoms with van der Waals surface area (Å²) in [4.78, 5) is 2.22. The summed E-state index contributed by atoms with van der Waals surface area (Å²) in [6.45, 7) is 6.64. The summed E-state index contributed by atoms with van der Waals surface area (Å²) in [6.07, 6.45) is 1.79. The molecule has 1 unspecified atom stereocenters. The summed E-state index contributed by atoms with van der Waals surface area (Å²) in [5.74, 6) is 0.580. The lowest BCUT2D eigenvalue weighted by Gasteiger charge is -2.31. The molecule has 0 aliphatic carbocycles. The Morgan fingerprint density at radius 1 is 1.29 bits per heavy atom. The van der Waals surface area contributed by atoms with Crippen molar-refractivity contribution in [1.82, 2.24) is 10.2 Å². The summed E-state index contributed by atoms with van der Waals surface area (Å²) >= 11 is 0. The normalized spacial score (nSPS) is 13.2. The number of nitrogens with one attached hydrogen (secondary N) is 1. The molecule has 0 aliphatic rings. The molecule has 0 radical (unpaired) electrons. The quantitative estimate of drug-likeness (QED) is 0.800. The molecular formula is C13H20N4. The summed E-state index contributed by atoms with van der Waals surface area (Å²) in [7, 11) is 2.08. The molecule has 4 nitrogen and oxygen atoms in total. The second-order valence-electron chi connectivity index (χ2n) is 4.96. The molecule has 0 fully saturated rings. The molecule has 3 N–H and O–H groups in total. The van der Waals surface area contributed by atoms with Crippen molar-refractivity contribution in [2.24, 2.45) is 5.92 Å². The lowest BCUT2D eigenvalue weighted by atomic mass is 10.0. The van der Waals surface area contributed by atoms with E-state index in [1.54, 1.807) is 6.20 Å². The van der Waals surface area contributed by atoms with Gasteiger partial charge in [-0.15, -0.1) is 0 Å². The molecule has 0 bridgehead atoms. The summed E-state index contributed by atoms with van der Waals surface area (Å²) < 4.78 is 0. The third-order valence-electron chi connectivity index (χ3n) is 3.54. The number of fused-ring (bicyclic) bond motifs is 1. The van der Waals surface area contributed by atoms with E-state index in [-0.39, 0.29) is 0 Å². The number of nitrogens with two attached hydrogens (primary N) is 1. The number of nitrogens with zero attached hydrogens (tertiary/aromatic N) is 2. The molecule has 1 atom stereocenters. The highest BCUT2D eigenvalue weighted by Crippen LogP contribution is 2.29. The third kappa shape index (κ3) is 2.07. The smallest absolute Gasteiger partial charge is 0.0672 e. The van der Waals surface area contributed by atoms with E-state index in [0.717, 1.165) is 22.3 Å². The number of hydrogen-bond donors (Lipinski definition) is 2. The minimum Gasteiger partial charge on any atom is -0.397 e. The van der Waals surface area contributed by atoms with Gasteiger partial charge in [-0.2, -0.15) is 5.10 Å². The summed E-state index contributed by atoms with van der Waals surface area (Å²) in [5, 5.41) is 8.05. The van der Waals surface area contributed by atoms with Gasteiger partial charge in [0.25, 0.3) is 0 Å². The van der Waals surface area contributed by atoms with E-state index in [9.17, 15) is 0 Å². The molecule has 0 spiro atoms. The lowest BCUT2D eigenvalue weighted by molar-refractivity contribution is 0.506. The maximum Gasteiger partial charge on any atom is 0.0672 e. The Morgan fingerprint density at radius 2 is 2.00 bits per heavy atom. The van der Waals surface area contributed by atoms with Crippen molar-refractivity contribution in [2.75, 3.05) is 17.7 Å². The molecule has 0 saturated carbocycles. The van der Waals surface area contributed by atoms with Crippen molar-refractivity contribution in [2.45, 2.75) is 26.8 Å². The van der Waals surface area contributed by atoms with Crippen molar-refractivity contribution >= 4 is 22.3 Å². The zero-order valence-electron chi connectivity index (χ0n) is 10.9. The Hall–Kier alpha value is -1.71. The van der Waals surface area contributed by atoms with E-state index in [0.29, 0.717) is 12.0 Å². The first-order valence-electron chi connectivity index (χ1n) is 5.96. The maximum atomic E-state index is 6.10. The third-order valence-corrected chi connectivity index (χ3v) is 3.54. The zero-order chi connectivity index (χ0) is 12.6. The van der Waals surface area contributed by atoms with Gasteiger partial charge in [0.15, 0.2) is 0 Å². The maximum absolute atomic E-state index is 6.10. The summed E-state index contributed by atoms with van der Waals surface area (Å²) in [5.41, 5.74) is 8.98. The molecule has 0 amide bonds. The van der Waals surface area contributed by atoms with Crippen LogP contribution in [0.4, 0.5) is 11.4 Å². The highest BCUT2D eigenvalue weighted by molar-refractivity contribution is 5.88. The fourth-order valence-electron chi connectivity index (χ4n) is 1.97. The molecule has 1 heterocycles. The highest BCUT2D eigenvalue weighted by Gasteiger charge is 2.16. The van der Waals surface area contributed by atoms with E-state index >= 15 is 0 Å². The van der Waals surface area contributed by atoms with Crippen molar-refractivity contribution in [1.29, 1.82) is 0 Å². The molecule has 0 aliphatic heterocycles.